The highest BCUT2D eigenvalue weighted by atomic mass is 35.5. The molecule has 35 heavy (non-hydrogen) atoms. The molecule has 0 bridgehead atoms. The van der Waals surface area contributed by atoms with Gasteiger partial charge in [-0.2, -0.15) is 0 Å². The van der Waals surface area contributed by atoms with E-state index in [1.165, 1.54) is 7.11 Å². The average Bonchev–Trinajstić information content (AvgIpc) is 3.12. The third kappa shape index (κ3) is 5.51. The van der Waals surface area contributed by atoms with Crippen molar-refractivity contribution in [2.75, 3.05) is 7.11 Å². The summed E-state index contributed by atoms with van der Waals surface area (Å²) in [4.78, 5) is 26.7. The normalized spacial score (nSPS) is 15.4. The van der Waals surface area contributed by atoms with Crippen LogP contribution in [0.3, 0.4) is 0 Å². The molecule has 0 aromatic heterocycles. The van der Waals surface area contributed by atoms with Gasteiger partial charge in [-0.15, -0.1) is 0 Å². The van der Waals surface area contributed by atoms with Gasteiger partial charge in [0.15, 0.2) is 17.5 Å². The summed E-state index contributed by atoms with van der Waals surface area (Å²) in [7, 11) is 1.53. The number of carbonyl (C=O) groups is 2. The number of methoxy groups -OCH3 is 1. The average molecular weight is 526 g/mol. The lowest BCUT2D eigenvalue weighted by molar-refractivity contribution is -0.145. The first-order chi connectivity index (χ1) is 16.9. The van der Waals surface area contributed by atoms with Gasteiger partial charge in [-0.05, 0) is 35.4 Å². The molecule has 6 nitrogen and oxygen atoms in total. The Labute approximate surface area is 217 Å². The number of benzene rings is 3. The molecule has 1 amide bonds. The number of rotatable bonds is 8. The molecule has 0 aliphatic carbocycles. The minimum Gasteiger partial charge on any atom is -0.493 e. The number of amides is 1. The Morgan fingerprint density at radius 2 is 1.83 bits per heavy atom. The second kappa shape index (κ2) is 10.9. The lowest BCUT2D eigenvalue weighted by Gasteiger charge is -2.23. The van der Waals surface area contributed by atoms with Crippen LogP contribution in [0.1, 0.15) is 22.7 Å². The Kier molecular flexibility index (Phi) is 7.75. The smallest absolute Gasteiger partial charge is 0.331 e. The van der Waals surface area contributed by atoms with Gasteiger partial charge < -0.3 is 14.6 Å². The number of carbonyl (C=O) groups excluding carboxylic acids is 1. The quantitative estimate of drug-likeness (QED) is 0.287. The van der Waals surface area contributed by atoms with Crippen molar-refractivity contribution in [3.8, 4) is 11.5 Å². The van der Waals surface area contributed by atoms with Gasteiger partial charge in [0.1, 0.15) is 10.9 Å². The minimum absolute atomic E-state index is 0.184. The Hall–Kier alpha value is -3.33. The summed E-state index contributed by atoms with van der Waals surface area (Å²) in [6.45, 7) is 0.268. The molecule has 3 aromatic carbocycles. The van der Waals surface area contributed by atoms with E-state index in [0.29, 0.717) is 32.6 Å². The molecule has 3 aromatic rings. The number of carboxylic acid groups (broad SMARTS) is 1. The van der Waals surface area contributed by atoms with E-state index in [1.807, 2.05) is 18.2 Å². The predicted octanol–water partition coefficient (Wildman–Crippen LogP) is 5.95. The Balaban J connectivity index is 1.56. The third-order valence-corrected chi connectivity index (χ3v) is 6.96. The topological polar surface area (TPSA) is 76.1 Å². The summed E-state index contributed by atoms with van der Waals surface area (Å²) in [5, 5.41) is 10.4. The van der Waals surface area contributed by atoms with Crippen LogP contribution in [-0.2, 0) is 16.2 Å². The first-order valence-electron chi connectivity index (χ1n) is 10.5. The first-order valence-corrected chi connectivity index (χ1v) is 12.1. The van der Waals surface area contributed by atoms with Crippen molar-refractivity contribution >= 4 is 57.9 Å². The maximum Gasteiger partial charge on any atom is 0.331 e. The molecule has 4 rings (SSSR count). The van der Waals surface area contributed by atoms with Crippen molar-refractivity contribution in [2.45, 2.75) is 12.6 Å². The number of aliphatic carboxylic acids is 1. The number of thioether (sulfide) groups is 1. The van der Waals surface area contributed by atoms with Crippen molar-refractivity contribution in [3.63, 3.8) is 0 Å². The molecule has 178 valence electrons. The number of halogens is 1. The molecule has 1 heterocycles. The zero-order chi connectivity index (χ0) is 24.9. The Bertz CT molecular complexity index is 1310. The highest BCUT2D eigenvalue weighted by molar-refractivity contribution is 8.26. The molecular formula is C26H20ClNO5S2. The maximum atomic E-state index is 13.2. The lowest BCUT2D eigenvalue weighted by atomic mass is 10.1. The number of carboxylic acids is 1. The summed E-state index contributed by atoms with van der Waals surface area (Å²) < 4.78 is 11.5. The molecule has 0 radical (unpaired) electrons. The van der Waals surface area contributed by atoms with E-state index < -0.39 is 17.9 Å². The number of nitrogens with zero attached hydrogens (tertiary/aromatic N) is 1. The standard InChI is InChI=1S/C26H20ClNO5S2/c1-32-21-13-16(11-12-20(21)33-15-18-9-5-6-10-19(18)27)14-22-24(29)28(26(34)35-22)23(25(30)31)17-7-3-2-4-8-17/h2-14,23H,15H2,1H3,(H,30,31). The van der Waals surface area contributed by atoms with Crippen LogP contribution >= 0.6 is 35.6 Å². The second-order valence-corrected chi connectivity index (χ2v) is 9.58. The second-order valence-electron chi connectivity index (χ2n) is 7.49. The van der Waals surface area contributed by atoms with E-state index in [0.717, 1.165) is 22.2 Å². The maximum absolute atomic E-state index is 13.2. The fourth-order valence-electron chi connectivity index (χ4n) is 3.56. The van der Waals surface area contributed by atoms with Crippen LogP contribution in [0.2, 0.25) is 5.02 Å². The predicted molar refractivity (Wildman–Crippen MR) is 141 cm³/mol. The van der Waals surface area contributed by atoms with Crippen molar-refractivity contribution < 1.29 is 24.2 Å². The highest BCUT2D eigenvalue weighted by Gasteiger charge is 2.41. The molecule has 1 aliphatic heterocycles. The molecule has 9 heteroatoms. The van der Waals surface area contributed by atoms with Crippen LogP contribution in [-0.4, -0.2) is 33.3 Å². The van der Waals surface area contributed by atoms with Crippen molar-refractivity contribution in [3.05, 3.63) is 99.4 Å². The van der Waals surface area contributed by atoms with Gasteiger partial charge in [0, 0.05) is 10.6 Å². The number of thiocarbonyl (C=S) groups is 1. The van der Waals surface area contributed by atoms with E-state index in [2.05, 4.69) is 0 Å². The van der Waals surface area contributed by atoms with Crippen LogP contribution in [0.5, 0.6) is 11.5 Å². The van der Waals surface area contributed by atoms with Crippen LogP contribution in [0.4, 0.5) is 0 Å². The summed E-state index contributed by atoms with van der Waals surface area (Å²) in [5.74, 6) is -0.620. The minimum atomic E-state index is -1.20. The van der Waals surface area contributed by atoms with Crippen LogP contribution in [0.25, 0.3) is 6.08 Å². The monoisotopic (exact) mass is 525 g/mol. The van der Waals surface area contributed by atoms with Gasteiger partial charge in [-0.25, -0.2) is 4.79 Å². The number of ether oxygens (including phenoxy) is 2. The fraction of sp³-hybridized carbons (Fsp3) is 0.115. The van der Waals surface area contributed by atoms with Crippen molar-refractivity contribution in [1.29, 1.82) is 0 Å². The van der Waals surface area contributed by atoms with Crippen molar-refractivity contribution in [1.82, 2.24) is 4.90 Å². The van der Waals surface area contributed by atoms with Gasteiger partial charge >= 0.3 is 5.97 Å². The summed E-state index contributed by atoms with van der Waals surface area (Å²) in [6.07, 6.45) is 1.66. The first kappa shape index (κ1) is 24.8. The molecule has 1 saturated heterocycles. The zero-order valence-corrected chi connectivity index (χ0v) is 20.9. The Morgan fingerprint density at radius 1 is 1.11 bits per heavy atom. The van der Waals surface area contributed by atoms with Crippen LogP contribution in [0.15, 0.2) is 77.7 Å². The van der Waals surface area contributed by atoms with Gasteiger partial charge in [0.05, 0.1) is 12.0 Å². The van der Waals surface area contributed by atoms with E-state index in [4.69, 9.17) is 33.3 Å². The fourth-order valence-corrected chi connectivity index (χ4v) is 5.06. The SMILES string of the molecule is COc1cc(C=C2SC(=S)N(C(C(=O)O)c3ccccc3)C2=O)ccc1OCc1ccccc1Cl. The summed E-state index contributed by atoms with van der Waals surface area (Å²) >= 11 is 12.6. The lowest BCUT2D eigenvalue weighted by Crippen LogP contribution is -2.37. The molecular weight excluding hydrogens is 506 g/mol. The van der Waals surface area contributed by atoms with E-state index >= 15 is 0 Å². The summed E-state index contributed by atoms with van der Waals surface area (Å²) in [6, 6.07) is 20.0. The molecule has 0 spiro atoms. The largest absolute Gasteiger partial charge is 0.493 e. The van der Waals surface area contributed by atoms with Gasteiger partial charge in [0.2, 0.25) is 0 Å². The molecule has 1 aliphatic rings. The molecule has 1 N–H and O–H groups in total. The molecule has 1 fully saturated rings. The number of hydrogen-bond acceptors (Lipinski definition) is 6. The zero-order valence-electron chi connectivity index (χ0n) is 18.5. The third-order valence-electron chi connectivity index (χ3n) is 5.26. The van der Waals surface area contributed by atoms with E-state index in [-0.39, 0.29) is 10.9 Å². The van der Waals surface area contributed by atoms with E-state index in [9.17, 15) is 14.7 Å². The van der Waals surface area contributed by atoms with Crippen molar-refractivity contribution in [2.24, 2.45) is 0 Å². The molecule has 0 saturated carbocycles. The van der Waals surface area contributed by atoms with E-state index in [1.54, 1.807) is 60.7 Å². The van der Waals surface area contributed by atoms with Crippen LogP contribution in [0, 0.1) is 0 Å². The highest BCUT2D eigenvalue weighted by Crippen LogP contribution is 2.39. The number of hydrogen-bond donors (Lipinski definition) is 1. The van der Waals surface area contributed by atoms with Gasteiger partial charge in [-0.1, -0.05) is 90.2 Å². The molecule has 1 atom stereocenters. The molecule has 1 unspecified atom stereocenters. The summed E-state index contributed by atoms with van der Waals surface area (Å²) in [5.41, 5.74) is 1.99. The Morgan fingerprint density at radius 3 is 2.51 bits per heavy atom. The van der Waals surface area contributed by atoms with Gasteiger partial charge in [-0.3, -0.25) is 9.69 Å². The van der Waals surface area contributed by atoms with Gasteiger partial charge in [0.25, 0.3) is 5.91 Å². The van der Waals surface area contributed by atoms with Crippen LogP contribution < -0.4 is 9.47 Å².